The van der Waals surface area contributed by atoms with E-state index in [4.69, 9.17) is 34.8 Å². The minimum Gasteiger partial charge on any atom is -0.280 e. The first kappa shape index (κ1) is 22.1. The van der Waals surface area contributed by atoms with Crippen LogP contribution in [0.3, 0.4) is 0 Å². The van der Waals surface area contributed by atoms with E-state index in [1.54, 1.807) is 18.2 Å². The summed E-state index contributed by atoms with van der Waals surface area (Å²) in [6.45, 7) is 0. The lowest BCUT2D eigenvalue weighted by Gasteiger charge is -2.09. The summed E-state index contributed by atoms with van der Waals surface area (Å²) in [4.78, 5) is 12.3. The molecule has 0 aliphatic rings. The molecule has 3 aromatic rings. The Bertz CT molecular complexity index is 1180. The number of rotatable bonds is 6. The summed E-state index contributed by atoms with van der Waals surface area (Å²) in [5.41, 5.74) is 3.43. The van der Waals surface area contributed by atoms with E-state index in [1.165, 1.54) is 54.7 Å². The first-order valence-corrected chi connectivity index (χ1v) is 11.0. The molecule has 0 fully saturated rings. The number of nitrogens with one attached hydrogen (secondary N) is 2. The number of carbonyl (C=O) groups is 1. The lowest BCUT2D eigenvalue weighted by molar-refractivity contribution is 0.0955. The Morgan fingerprint density at radius 3 is 2.07 bits per heavy atom. The van der Waals surface area contributed by atoms with Crippen LogP contribution in [0.15, 0.2) is 76.7 Å². The molecule has 0 unspecified atom stereocenters. The van der Waals surface area contributed by atoms with Gasteiger partial charge in [0.1, 0.15) is 0 Å². The van der Waals surface area contributed by atoms with Crippen molar-refractivity contribution in [3.05, 3.63) is 92.9 Å². The fourth-order valence-electron chi connectivity index (χ4n) is 2.37. The molecule has 3 rings (SSSR count). The minimum absolute atomic E-state index is 0.0706. The van der Waals surface area contributed by atoms with Crippen LogP contribution in [0, 0.1) is 0 Å². The second-order valence-electron chi connectivity index (χ2n) is 5.97. The first-order valence-electron chi connectivity index (χ1n) is 8.42. The Morgan fingerprint density at radius 1 is 0.867 bits per heavy atom. The topological polar surface area (TPSA) is 87.6 Å². The summed E-state index contributed by atoms with van der Waals surface area (Å²) in [6, 6.07) is 16.6. The summed E-state index contributed by atoms with van der Waals surface area (Å²) in [7, 11) is -3.77. The number of halogens is 3. The molecular weight excluding hydrogens is 469 g/mol. The van der Waals surface area contributed by atoms with Gasteiger partial charge in [-0.2, -0.15) is 5.10 Å². The Labute approximate surface area is 188 Å². The Kier molecular flexibility index (Phi) is 6.99. The van der Waals surface area contributed by atoms with Gasteiger partial charge >= 0.3 is 0 Å². The molecule has 0 saturated heterocycles. The second kappa shape index (κ2) is 9.49. The molecule has 0 aliphatic carbocycles. The molecule has 0 spiro atoms. The zero-order valence-corrected chi connectivity index (χ0v) is 18.2. The number of benzene rings is 3. The van der Waals surface area contributed by atoms with Crippen molar-refractivity contribution in [3.63, 3.8) is 0 Å². The maximum absolute atomic E-state index is 12.4. The number of hydrazone groups is 1. The molecule has 0 atom stereocenters. The molecule has 0 aromatic heterocycles. The van der Waals surface area contributed by atoms with Gasteiger partial charge in [-0.15, -0.1) is 0 Å². The SMILES string of the molecule is O=C(N/N=C/c1c(Cl)cccc1Cl)c1ccc(NS(=O)(=O)c2ccc(Cl)cc2)cc1. The van der Waals surface area contributed by atoms with Crippen molar-refractivity contribution < 1.29 is 13.2 Å². The van der Waals surface area contributed by atoms with Crippen LogP contribution < -0.4 is 10.1 Å². The second-order valence-corrected chi connectivity index (χ2v) is 8.90. The van der Waals surface area contributed by atoms with Crippen LogP contribution in [0.25, 0.3) is 0 Å². The number of hydrogen-bond acceptors (Lipinski definition) is 4. The lowest BCUT2D eigenvalue weighted by Crippen LogP contribution is -2.18. The molecule has 3 aromatic carbocycles. The quantitative estimate of drug-likeness (QED) is 0.373. The smallest absolute Gasteiger partial charge is 0.271 e. The highest BCUT2D eigenvalue weighted by Crippen LogP contribution is 2.22. The largest absolute Gasteiger partial charge is 0.280 e. The molecule has 2 N–H and O–H groups in total. The average Bonchev–Trinajstić information content (AvgIpc) is 2.70. The highest BCUT2D eigenvalue weighted by Gasteiger charge is 2.14. The summed E-state index contributed by atoms with van der Waals surface area (Å²) < 4.78 is 27.2. The summed E-state index contributed by atoms with van der Waals surface area (Å²) in [5.74, 6) is -0.485. The van der Waals surface area contributed by atoms with Crippen molar-refractivity contribution in [2.75, 3.05) is 4.72 Å². The zero-order valence-electron chi connectivity index (χ0n) is 15.1. The number of anilines is 1. The van der Waals surface area contributed by atoms with Crippen molar-refractivity contribution in [2.24, 2.45) is 5.10 Å². The number of amides is 1. The molecule has 1 amide bonds. The van der Waals surface area contributed by atoms with E-state index in [9.17, 15) is 13.2 Å². The van der Waals surface area contributed by atoms with Gasteiger partial charge in [0.25, 0.3) is 15.9 Å². The van der Waals surface area contributed by atoms with Crippen LogP contribution in [0.5, 0.6) is 0 Å². The minimum atomic E-state index is -3.77. The Hall–Kier alpha value is -2.58. The highest BCUT2D eigenvalue weighted by atomic mass is 35.5. The number of nitrogens with zero attached hydrogens (tertiary/aromatic N) is 1. The first-order chi connectivity index (χ1) is 14.3. The molecule has 6 nitrogen and oxygen atoms in total. The van der Waals surface area contributed by atoms with E-state index in [0.29, 0.717) is 26.3 Å². The number of carbonyl (C=O) groups excluding carboxylic acids is 1. The van der Waals surface area contributed by atoms with Crippen molar-refractivity contribution >= 4 is 62.6 Å². The molecule has 154 valence electrons. The third kappa shape index (κ3) is 5.52. The summed E-state index contributed by atoms with van der Waals surface area (Å²) in [6.07, 6.45) is 1.34. The van der Waals surface area contributed by atoms with Gasteiger partial charge in [0.15, 0.2) is 0 Å². The highest BCUT2D eigenvalue weighted by molar-refractivity contribution is 7.92. The van der Waals surface area contributed by atoms with Crippen molar-refractivity contribution in [1.29, 1.82) is 0 Å². The zero-order chi connectivity index (χ0) is 21.7. The van der Waals surface area contributed by atoms with E-state index in [-0.39, 0.29) is 10.5 Å². The van der Waals surface area contributed by atoms with Crippen molar-refractivity contribution in [3.8, 4) is 0 Å². The molecular formula is C20H14Cl3N3O3S. The third-order valence-electron chi connectivity index (χ3n) is 3.88. The van der Waals surface area contributed by atoms with Gasteiger partial charge in [0, 0.05) is 21.8 Å². The Balaban J connectivity index is 1.65. The van der Waals surface area contributed by atoms with E-state index >= 15 is 0 Å². The van der Waals surface area contributed by atoms with Gasteiger partial charge < -0.3 is 0 Å². The number of hydrogen-bond donors (Lipinski definition) is 2. The van der Waals surface area contributed by atoms with Gasteiger partial charge in [-0.3, -0.25) is 9.52 Å². The van der Waals surface area contributed by atoms with Crippen molar-refractivity contribution in [2.45, 2.75) is 4.90 Å². The van der Waals surface area contributed by atoms with Crippen molar-refractivity contribution in [1.82, 2.24) is 5.43 Å². The number of sulfonamides is 1. The van der Waals surface area contributed by atoms with Gasteiger partial charge in [-0.1, -0.05) is 40.9 Å². The van der Waals surface area contributed by atoms with Crippen LogP contribution in [0.4, 0.5) is 5.69 Å². The lowest BCUT2D eigenvalue weighted by atomic mass is 10.2. The summed E-state index contributed by atoms with van der Waals surface area (Å²) in [5, 5.41) is 5.09. The predicted octanol–water partition coefficient (Wildman–Crippen LogP) is 5.21. The van der Waals surface area contributed by atoms with E-state index in [1.807, 2.05) is 0 Å². The van der Waals surface area contributed by atoms with Crippen LogP contribution in [-0.2, 0) is 10.0 Å². The molecule has 0 radical (unpaired) electrons. The van der Waals surface area contributed by atoms with E-state index in [2.05, 4.69) is 15.2 Å². The van der Waals surface area contributed by atoms with E-state index in [0.717, 1.165) is 0 Å². The normalized spacial score (nSPS) is 11.4. The maximum atomic E-state index is 12.4. The molecule has 0 heterocycles. The van der Waals surface area contributed by atoms with E-state index < -0.39 is 15.9 Å². The standard InChI is InChI=1S/C20H14Cl3N3O3S/c21-14-6-10-16(11-7-14)30(28,29)26-15-8-4-13(5-9-15)20(27)25-24-12-17-18(22)2-1-3-19(17)23/h1-12,26H,(H,25,27)/b24-12+. The average molecular weight is 483 g/mol. The van der Waals surface area contributed by atoms with Gasteiger partial charge in [0.2, 0.25) is 0 Å². The van der Waals surface area contributed by atoms with Gasteiger partial charge in [0.05, 0.1) is 21.2 Å². The fraction of sp³-hybridized carbons (Fsp3) is 0. The molecule has 10 heteroatoms. The molecule has 0 saturated carbocycles. The Morgan fingerprint density at radius 2 is 1.47 bits per heavy atom. The van der Waals surface area contributed by atoms with Crippen LogP contribution in [-0.4, -0.2) is 20.5 Å². The predicted molar refractivity (Wildman–Crippen MR) is 120 cm³/mol. The van der Waals surface area contributed by atoms with Crippen LogP contribution >= 0.6 is 34.8 Å². The molecule has 0 bridgehead atoms. The summed E-state index contributed by atoms with van der Waals surface area (Å²) >= 11 is 17.8. The third-order valence-corrected chi connectivity index (χ3v) is 6.19. The van der Waals surface area contributed by atoms with Gasteiger partial charge in [-0.25, -0.2) is 13.8 Å². The molecule has 0 aliphatic heterocycles. The fourth-order valence-corrected chi connectivity index (χ4v) is 4.05. The van der Waals surface area contributed by atoms with Crippen LogP contribution in [0.1, 0.15) is 15.9 Å². The maximum Gasteiger partial charge on any atom is 0.271 e. The molecule has 30 heavy (non-hydrogen) atoms. The monoisotopic (exact) mass is 481 g/mol. The van der Waals surface area contributed by atoms with Crippen LogP contribution in [0.2, 0.25) is 15.1 Å². The van der Waals surface area contributed by atoms with Gasteiger partial charge in [-0.05, 0) is 60.7 Å².